The second-order valence-corrected chi connectivity index (χ2v) is 2.36. The Hall–Kier alpha value is -0.320. The van der Waals surface area contributed by atoms with Crippen LogP contribution in [-0.2, 0) is 4.74 Å². The first-order valence-electron chi connectivity index (χ1n) is 2.95. The molecular weight excluding hydrogens is 177 g/mol. The Kier molecular flexibility index (Phi) is 4.40. The SMILES string of the molecule is CCO/C(=C/SC)C(F)(F)F. The lowest BCUT2D eigenvalue weighted by Crippen LogP contribution is -2.14. The third-order valence-electron chi connectivity index (χ3n) is 0.804. The van der Waals surface area contributed by atoms with Crippen molar-refractivity contribution in [3.63, 3.8) is 0 Å². The molecule has 0 rings (SSSR count). The lowest BCUT2D eigenvalue weighted by atomic mass is 10.5. The molecule has 0 aromatic heterocycles. The zero-order valence-electron chi connectivity index (χ0n) is 6.23. The Balaban J connectivity index is 4.22. The van der Waals surface area contributed by atoms with Gasteiger partial charge in [-0.25, -0.2) is 0 Å². The smallest absolute Gasteiger partial charge is 0.449 e. The van der Waals surface area contributed by atoms with Crippen molar-refractivity contribution in [1.29, 1.82) is 0 Å². The molecule has 0 saturated carbocycles. The van der Waals surface area contributed by atoms with Gasteiger partial charge >= 0.3 is 6.18 Å². The van der Waals surface area contributed by atoms with Crippen molar-refractivity contribution >= 4 is 11.8 Å². The van der Waals surface area contributed by atoms with Gasteiger partial charge in [0.05, 0.1) is 6.61 Å². The minimum atomic E-state index is -4.36. The van der Waals surface area contributed by atoms with Gasteiger partial charge in [-0.2, -0.15) is 13.2 Å². The number of thioether (sulfide) groups is 1. The Bertz CT molecular complexity index is 141. The van der Waals surface area contributed by atoms with E-state index in [0.717, 1.165) is 17.2 Å². The molecule has 0 fully saturated rings. The number of rotatable bonds is 3. The molecule has 0 radical (unpaired) electrons. The quantitative estimate of drug-likeness (QED) is 0.627. The minimum Gasteiger partial charge on any atom is -0.489 e. The Morgan fingerprint density at radius 2 is 2.09 bits per heavy atom. The molecule has 0 unspecified atom stereocenters. The fourth-order valence-corrected chi connectivity index (χ4v) is 0.861. The zero-order valence-corrected chi connectivity index (χ0v) is 7.05. The molecule has 0 bridgehead atoms. The van der Waals surface area contributed by atoms with E-state index in [4.69, 9.17) is 0 Å². The highest BCUT2D eigenvalue weighted by molar-refractivity contribution is 8.01. The summed E-state index contributed by atoms with van der Waals surface area (Å²) in [5.74, 6) is -0.924. The van der Waals surface area contributed by atoms with Crippen LogP contribution in [-0.4, -0.2) is 19.0 Å². The van der Waals surface area contributed by atoms with Crippen LogP contribution >= 0.6 is 11.8 Å². The number of halogens is 3. The van der Waals surface area contributed by atoms with Crippen molar-refractivity contribution in [3.05, 3.63) is 11.2 Å². The minimum absolute atomic E-state index is 0.0336. The van der Waals surface area contributed by atoms with Crippen LogP contribution in [0.1, 0.15) is 6.92 Å². The first-order chi connectivity index (χ1) is 5.02. The molecule has 1 nitrogen and oxygen atoms in total. The molecule has 5 heteroatoms. The van der Waals surface area contributed by atoms with Gasteiger partial charge < -0.3 is 4.74 Å². The molecule has 66 valence electrons. The van der Waals surface area contributed by atoms with Crippen molar-refractivity contribution in [3.8, 4) is 0 Å². The Morgan fingerprint density at radius 3 is 2.36 bits per heavy atom. The molecule has 0 N–H and O–H groups in total. The van der Waals surface area contributed by atoms with Crippen LogP contribution in [0, 0.1) is 0 Å². The molecular formula is C6H9F3OS. The average Bonchev–Trinajstić information content (AvgIpc) is 1.85. The molecule has 0 aromatic rings. The maximum absolute atomic E-state index is 11.9. The Labute approximate surface area is 67.6 Å². The largest absolute Gasteiger partial charge is 0.489 e. The summed E-state index contributed by atoms with van der Waals surface area (Å²) in [6.07, 6.45) is -2.82. The molecule has 0 aliphatic rings. The molecule has 0 saturated heterocycles. The molecule has 0 aliphatic heterocycles. The van der Waals surface area contributed by atoms with Gasteiger partial charge in [-0.3, -0.25) is 0 Å². The molecule has 0 amide bonds. The van der Waals surface area contributed by atoms with E-state index in [-0.39, 0.29) is 6.61 Å². The summed E-state index contributed by atoms with van der Waals surface area (Å²) < 4.78 is 40.0. The summed E-state index contributed by atoms with van der Waals surface area (Å²) in [6, 6.07) is 0. The number of alkyl halides is 3. The third-order valence-corrected chi connectivity index (χ3v) is 1.25. The lowest BCUT2D eigenvalue weighted by molar-refractivity contribution is -0.129. The summed E-state index contributed by atoms with van der Waals surface area (Å²) in [7, 11) is 0. The van der Waals surface area contributed by atoms with Crippen molar-refractivity contribution in [2.45, 2.75) is 13.1 Å². The highest BCUT2D eigenvalue weighted by atomic mass is 32.2. The second kappa shape index (κ2) is 4.54. The van der Waals surface area contributed by atoms with Gasteiger partial charge in [0.15, 0.2) is 0 Å². The van der Waals surface area contributed by atoms with Crippen LogP contribution in [0.5, 0.6) is 0 Å². The van der Waals surface area contributed by atoms with E-state index in [1.807, 2.05) is 0 Å². The molecule has 0 aromatic carbocycles. The van der Waals surface area contributed by atoms with E-state index in [2.05, 4.69) is 4.74 Å². The second-order valence-electron chi connectivity index (χ2n) is 1.65. The van der Waals surface area contributed by atoms with Gasteiger partial charge in [0.1, 0.15) is 0 Å². The van der Waals surface area contributed by atoms with Crippen LogP contribution in [0.25, 0.3) is 0 Å². The fourth-order valence-electron chi connectivity index (χ4n) is 0.445. The van der Waals surface area contributed by atoms with Crippen molar-refractivity contribution in [2.75, 3.05) is 12.9 Å². The first kappa shape index (κ1) is 10.7. The number of hydrogen-bond donors (Lipinski definition) is 0. The van der Waals surface area contributed by atoms with Crippen molar-refractivity contribution in [1.82, 2.24) is 0 Å². The van der Waals surface area contributed by atoms with Crippen LogP contribution in [0.4, 0.5) is 13.2 Å². The summed E-state index contributed by atoms with van der Waals surface area (Å²) >= 11 is 0.970. The number of hydrogen-bond acceptors (Lipinski definition) is 2. The van der Waals surface area contributed by atoms with Gasteiger partial charge in [0.2, 0.25) is 5.76 Å². The zero-order chi connectivity index (χ0) is 8.91. The van der Waals surface area contributed by atoms with E-state index < -0.39 is 11.9 Å². The maximum Gasteiger partial charge on any atom is 0.449 e. The van der Waals surface area contributed by atoms with Gasteiger partial charge in [0.25, 0.3) is 0 Å². The van der Waals surface area contributed by atoms with E-state index in [1.54, 1.807) is 6.26 Å². The van der Waals surface area contributed by atoms with Crippen molar-refractivity contribution < 1.29 is 17.9 Å². The monoisotopic (exact) mass is 186 g/mol. The molecule has 0 aliphatic carbocycles. The van der Waals surface area contributed by atoms with Crippen LogP contribution in [0.2, 0.25) is 0 Å². The van der Waals surface area contributed by atoms with E-state index >= 15 is 0 Å². The standard InChI is InChI=1S/C6H9F3OS/c1-3-10-5(4-11-2)6(7,8)9/h4H,3H2,1-2H3/b5-4+. The fraction of sp³-hybridized carbons (Fsp3) is 0.667. The third kappa shape index (κ3) is 4.19. The topological polar surface area (TPSA) is 9.23 Å². The van der Waals surface area contributed by atoms with Gasteiger partial charge in [-0.05, 0) is 13.2 Å². The molecule has 0 heterocycles. The van der Waals surface area contributed by atoms with Gasteiger partial charge in [0, 0.05) is 5.41 Å². The number of allylic oxidation sites excluding steroid dienone is 1. The van der Waals surface area contributed by atoms with Crippen LogP contribution in [0.15, 0.2) is 11.2 Å². The summed E-state index contributed by atoms with van der Waals surface area (Å²) in [4.78, 5) is 0. The van der Waals surface area contributed by atoms with Gasteiger partial charge in [-0.15, -0.1) is 11.8 Å². The average molecular weight is 186 g/mol. The summed E-state index contributed by atoms with van der Waals surface area (Å²) in [6.45, 7) is 1.55. The van der Waals surface area contributed by atoms with E-state index in [0.29, 0.717) is 0 Å². The van der Waals surface area contributed by atoms with Crippen LogP contribution < -0.4 is 0 Å². The highest BCUT2D eigenvalue weighted by Crippen LogP contribution is 2.27. The molecule has 11 heavy (non-hydrogen) atoms. The normalized spacial score (nSPS) is 13.4. The maximum atomic E-state index is 11.9. The summed E-state index contributed by atoms with van der Waals surface area (Å²) in [5, 5.41) is 0.948. The predicted octanol–water partition coefficient (Wildman–Crippen LogP) is 2.79. The van der Waals surface area contributed by atoms with Crippen LogP contribution in [0.3, 0.4) is 0 Å². The molecule has 0 atom stereocenters. The number of ether oxygens (including phenoxy) is 1. The van der Waals surface area contributed by atoms with Crippen molar-refractivity contribution in [2.24, 2.45) is 0 Å². The van der Waals surface area contributed by atoms with Gasteiger partial charge in [-0.1, -0.05) is 0 Å². The lowest BCUT2D eigenvalue weighted by Gasteiger charge is -2.10. The predicted molar refractivity (Wildman–Crippen MR) is 39.3 cm³/mol. The summed E-state index contributed by atoms with van der Waals surface area (Å²) in [5.41, 5.74) is 0. The van der Waals surface area contributed by atoms with E-state index in [1.165, 1.54) is 6.92 Å². The molecule has 0 spiro atoms. The highest BCUT2D eigenvalue weighted by Gasteiger charge is 2.35. The van der Waals surface area contributed by atoms with E-state index in [9.17, 15) is 13.2 Å². The first-order valence-corrected chi connectivity index (χ1v) is 4.24. The Morgan fingerprint density at radius 1 is 1.55 bits per heavy atom.